The standard InChI is InChI=1S/C7H10N2O/c1-8-7(10)6-2-4-9-5-3-6/h2-5,7-8,10H,1H3. The van der Waals surface area contributed by atoms with E-state index in [1.54, 1.807) is 31.6 Å². The lowest BCUT2D eigenvalue weighted by Gasteiger charge is -2.07. The van der Waals surface area contributed by atoms with Crippen molar-refractivity contribution >= 4 is 0 Å². The zero-order valence-electron chi connectivity index (χ0n) is 5.78. The van der Waals surface area contributed by atoms with Gasteiger partial charge < -0.3 is 5.11 Å². The molecule has 0 saturated carbocycles. The summed E-state index contributed by atoms with van der Waals surface area (Å²) >= 11 is 0. The van der Waals surface area contributed by atoms with Gasteiger partial charge in [0.25, 0.3) is 0 Å². The third-order valence-electron chi connectivity index (χ3n) is 1.30. The minimum Gasteiger partial charge on any atom is -0.374 e. The minimum atomic E-state index is -0.581. The molecule has 0 amide bonds. The van der Waals surface area contributed by atoms with Crippen LogP contribution in [0.4, 0.5) is 0 Å². The van der Waals surface area contributed by atoms with Gasteiger partial charge in [0.2, 0.25) is 0 Å². The molecular weight excluding hydrogens is 128 g/mol. The maximum absolute atomic E-state index is 9.19. The Labute approximate surface area is 59.7 Å². The summed E-state index contributed by atoms with van der Waals surface area (Å²) in [5, 5.41) is 11.9. The lowest BCUT2D eigenvalue weighted by molar-refractivity contribution is 0.149. The van der Waals surface area contributed by atoms with Crippen LogP contribution in [0.25, 0.3) is 0 Å². The summed E-state index contributed by atoms with van der Waals surface area (Å²) in [5.74, 6) is 0. The van der Waals surface area contributed by atoms with E-state index in [4.69, 9.17) is 0 Å². The lowest BCUT2D eigenvalue weighted by Crippen LogP contribution is -2.14. The summed E-state index contributed by atoms with van der Waals surface area (Å²) in [6.45, 7) is 0. The van der Waals surface area contributed by atoms with Crippen LogP contribution in [0, 0.1) is 0 Å². The van der Waals surface area contributed by atoms with Crippen LogP contribution in [0.1, 0.15) is 11.8 Å². The maximum atomic E-state index is 9.19. The normalized spacial score (nSPS) is 13.0. The van der Waals surface area contributed by atoms with Crippen molar-refractivity contribution in [3.8, 4) is 0 Å². The molecule has 1 atom stereocenters. The molecule has 1 aromatic rings. The van der Waals surface area contributed by atoms with Crippen molar-refractivity contribution in [1.29, 1.82) is 0 Å². The first-order valence-corrected chi connectivity index (χ1v) is 3.10. The van der Waals surface area contributed by atoms with Crippen LogP contribution in [0.3, 0.4) is 0 Å². The van der Waals surface area contributed by atoms with E-state index in [1.165, 1.54) is 0 Å². The fourth-order valence-electron chi connectivity index (χ4n) is 0.712. The summed E-state index contributed by atoms with van der Waals surface area (Å²) in [4.78, 5) is 3.82. The first-order valence-electron chi connectivity index (χ1n) is 3.10. The summed E-state index contributed by atoms with van der Waals surface area (Å²) in [5.41, 5.74) is 0.831. The van der Waals surface area contributed by atoms with Crippen LogP contribution >= 0.6 is 0 Å². The van der Waals surface area contributed by atoms with E-state index in [-0.39, 0.29) is 0 Å². The van der Waals surface area contributed by atoms with Crippen LogP contribution in [0.5, 0.6) is 0 Å². The Morgan fingerprint density at radius 2 is 2.10 bits per heavy atom. The van der Waals surface area contributed by atoms with Gasteiger partial charge in [-0.15, -0.1) is 0 Å². The van der Waals surface area contributed by atoms with Crippen LogP contribution in [-0.2, 0) is 0 Å². The molecule has 1 heterocycles. The zero-order valence-corrected chi connectivity index (χ0v) is 5.78. The maximum Gasteiger partial charge on any atom is 0.130 e. The Morgan fingerprint density at radius 3 is 2.60 bits per heavy atom. The van der Waals surface area contributed by atoms with Crippen LogP contribution in [0.2, 0.25) is 0 Å². The quantitative estimate of drug-likeness (QED) is 0.577. The largest absolute Gasteiger partial charge is 0.374 e. The van der Waals surface area contributed by atoms with Gasteiger partial charge in [-0.05, 0) is 24.7 Å². The number of nitrogens with zero attached hydrogens (tertiary/aromatic N) is 1. The van der Waals surface area contributed by atoms with Gasteiger partial charge in [0.1, 0.15) is 6.23 Å². The van der Waals surface area contributed by atoms with Gasteiger partial charge in [0, 0.05) is 12.4 Å². The Morgan fingerprint density at radius 1 is 1.50 bits per heavy atom. The topological polar surface area (TPSA) is 45.1 Å². The molecule has 0 fully saturated rings. The molecule has 0 saturated heterocycles. The van der Waals surface area contributed by atoms with E-state index in [1.807, 2.05) is 0 Å². The molecule has 0 bridgehead atoms. The van der Waals surface area contributed by atoms with Gasteiger partial charge >= 0.3 is 0 Å². The molecule has 0 aliphatic rings. The van der Waals surface area contributed by atoms with Crippen LogP contribution in [0.15, 0.2) is 24.5 Å². The number of rotatable bonds is 2. The first kappa shape index (κ1) is 7.18. The number of aromatic nitrogens is 1. The van der Waals surface area contributed by atoms with Crippen molar-refractivity contribution in [2.45, 2.75) is 6.23 Å². The number of hydrogen-bond donors (Lipinski definition) is 2. The van der Waals surface area contributed by atoms with Crippen LogP contribution in [-0.4, -0.2) is 17.1 Å². The summed E-state index contributed by atoms with van der Waals surface area (Å²) in [6.07, 6.45) is 2.72. The average molecular weight is 138 g/mol. The second kappa shape index (κ2) is 3.29. The van der Waals surface area contributed by atoms with E-state index >= 15 is 0 Å². The van der Waals surface area contributed by atoms with E-state index < -0.39 is 6.23 Å². The number of aliphatic hydroxyl groups excluding tert-OH is 1. The second-order valence-electron chi connectivity index (χ2n) is 1.97. The van der Waals surface area contributed by atoms with E-state index in [0.717, 1.165) is 5.56 Å². The first-order chi connectivity index (χ1) is 4.84. The molecule has 54 valence electrons. The second-order valence-corrected chi connectivity index (χ2v) is 1.97. The van der Waals surface area contributed by atoms with E-state index in [0.29, 0.717) is 0 Å². The summed E-state index contributed by atoms with van der Waals surface area (Å²) in [7, 11) is 1.70. The molecule has 10 heavy (non-hydrogen) atoms. The Bertz CT molecular complexity index is 188. The highest BCUT2D eigenvalue weighted by molar-refractivity contribution is 5.11. The van der Waals surface area contributed by atoms with E-state index in [9.17, 15) is 5.11 Å². The minimum absolute atomic E-state index is 0.581. The zero-order chi connectivity index (χ0) is 7.40. The number of pyridine rings is 1. The molecule has 1 rings (SSSR count). The summed E-state index contributed by atoms with van der Waals surface area (Å²) in [6, 6.07) is 3.53. The molecule has 3 heteroatoms. The van der Waals surface area contributed by atoms with Crippen molar-refractivity contribution in [1.82, 2.24) is 10.3 Å². The summed E-state index contributed by atoms with van der Waals surface area (Å²) < 4.78 is 0. The molecule has 0 aliphatic heterocycles. The average Bonchev–Trinajstić information content (AvgIpc) is 2.05. The molecule has 1 aromatic heterocycles. The van der Waals surface area contributed by atoms with Gasteiger partial charge in [-0.1, -0.05) is 0 Å². The molecule has 0 spiro atoms. The molecule has 3 nitrogen and oxygen atoms in total. The SMILES string of the molecule is CNC(O)c1ccncc1. The monoisotopic (exact) mass is 138 g/mol. The Balaban J connectivity index is 2.75. The number of aliphatic hydroxyl groups is 1. The number of nitrogens with one attached hydrogen (secondary N) is 1. The van der Waals surface area contributed by atoms with Gasteiger partial charge in [-0.3, -0.25) is 10.3 Å². The highest BCUT2D eigenvalue weighted by atomic mass is 16.3. The van der Waals surface area contributed by atoms with Crippen molar-refractivity contribution < 1.29 is 5.11 Å². The predicted octanol–water partition coefficient (Wildman–Crippen LogP) is 0.292. The highest BCUT2D eigenvalue weighted by Gasteiger charge is 2.00. The number of hydrogen-bond acceptors (Lipinski definition) is 3. The molecule has 1 unspecified atom stereocenters. The third kappa shape index (κ3) is 1.52. The highest BCUT2D eigenvalue weighted by Crippen LogP contribution is 2.05. The Kier molecular flexibility index (Phi) is 2.36. The Hall–Kier alpha value is -0.930. The molecule has 0 aromatic carbocycles. The van der Waals surface area contributed by atoms with Crippen molar-refractivity contribution in [3.63, 3.8) is 0 Å². The lowest BCUT2D eigenvalue weighted by atomic mass is 10.2. The van der Waals surface area contributed by atoms with Crippen molar-refractivity contribution in [2.24, 2.45) is 0 Å². The van der Waals surface area contributed by atoms with Crippen molar-refractivity contribution in [2.75, 3.05) is 7.05 Å². The van der Waals surface area contributed by atoms with Crippen LogP contribution < -0.4 is 5.32 Å². The predicted molar refractivity (Wildman–Crippen MR) is 38.3 cm³/mol. The molecule has 0 aliphatic carbocycles. The van der Waals surface area contributed by atoms with Gasteiger partial charge in [0.15, 0.2) is 0 Å². The fraction of sp³-hybridized carbons (Fsp3) is 0.286. The van der Waals surface area contributed by atoms with Crippen molar-refractivity contribution in [3.05, 3.63) is 30.1 Å². The van der Waals surface area contributed by atoms with E-state index in [2.05, 4.69) is 10.3 Å². The van der Waals surface area contributed by atoms with Gasteiger partial charge in [-0.25, -0.2) is 0 Å². The molecular formula is C7H10N2O. The van der Waals surface area contributed by atoms with Gasteiger partial charge in [-0.2, -0.15) is 0 Å². The van der Waals surface area contributed by atoms with Gasteiger partial charge in [0.05, 0.1) is 0 Å². The smallest absolute Gasteiger partial charge is 0.130 e. The molecule has 0 radical (unpaired) electrons. The molecule has 2 N–H and O–H groups in total. The third-order valence-corrected chi connectivity index (χ3v) is 1.30. The fourth-order valence-corrected chi connectivity index (χ4v) is 0.712.